The molecule has 1 aliphatic carbocycles. The maximum Gasteiger partial charge on any atom is 0.231 e. The Morgan fingerprint density at radius 3 is 2.63 bits per heavy atom. The number of carbonyl (C=O) groups is 2. The second-order valence-corrected chi connectivity index (χ2v) is 8.09. The molecule has 0 radical (unpaired) electrons. The van der Waals surface area contributed by atoms with Gasteiger partial charge in [-0.25, -0.2) is 0 Å². The van der Waals surface area contributed by atoms with Gasteiger partial charge < -0.3 is 15.5 Å². The van der Waals surface area contributed by atoms with Gasteiger partial charge in [0.15, 0.2) is 0 Å². The number of benzene rings is 1. The minimum Gasteiger partial charge on any atom is -0.354 e. The normalized spacial score (nSPS) is 25.7. The van der Waals surface area contributed by atoms with Crippen molar-refractivity contribution in [3.05, 3.63) is 29.8 Å². The number of amides is 2. The number of likely N-dealkylation sites (N-methyl/N-ethyl adjacent to an activating group) is 1. The quantitative estimate of drug-likeness (QED) is 0.808. The molecule has 5 heteroatoms. The third-order valence-corrected chi connectivity index (χ3v) is 6.00. The molecule has 1 aromatic rings. The first-order valence-corrected chi connectivity index (χ1v) is 10.4. The molecule has 1 aromatic carbocycles. The lowest BCUT2D eigenvalue weighted by Gasteiger charge is -2.34. The molecule has 1 saturated carbocycles. The molecule has 0 bridgehead atoms. The van der Waals surface area contributed by atoms with Crippen molar-refractivity contribution in [2.45, 2.75) is 65.0 Å². The number of rotatable bonds is 6. The second kappa shape index (κ2) is 8.87. The highest BCUT2D eigenvalue weighted by molar-refractivity contribution is 6.00. The van der Waals surface area contributed by atoms with Crippen molar-refractivity contribution < 1.29 is 9.59 Å². The van der Waals surface area contributed by atoms with E-state index in [2.05, 4.69) is 37.5 Å². The van der Waals surface area contributed by atoms with Crippen molar-refractivity contribution in [2.24, 2.45) is 11.8 Å². The third kappa shape index (κ3) is 4.34. The molecule has 27 heavy (non-hydrogen) atoms. The molecule has 148 valence electrons. The van der Waals surface area contributed by atoms with Gasteiger partial charge in [0.05, 0.1) is 5.92 Å². The van der Waals surface area contributed by atoms with Gasteiger partial charge >= 0.3 is 0 Å². The lowest BCUT2D eigenvalue weighted by atomic mass is 9.77. The molecular weight excluding hydrogens is 338 g/mol. The van der Waals surface area contributed by atoms with Gasteiger partial charge in [-0.3, -0.25) is 9.59 Å². The Labute approximate surface area is 162 Å². The molecule has 1 heterocycles. The van der Waals surface area contributed by atoms with E-state index in [1.165, 1.54) is 5.56 Å². The van der Waals surface area contributed by atoms with Crippen LogP contribution in [-0.2, 0) is 16.0 Å². The Morgan fingerprint density at radius 1 is 1.19 bits per heavy atom. The van der Waals surface area contributed by atoms with Crippen LogP contribution in [0.2, 0.25) is 0 Å². The number of nitrogens with one attached hydrogen (secondary N) is 2. The van der Waals surface area contributed by atoms with Crippen molar-refractivity contribution in [1.29, 1.82) is 0 Å². The number of hydrogen-bond acceptors (Lipinski definition) is 3. The largest absolute Gasteiger partial charge is 0.354 e. The van der Waals surface area contributed by atoms with Crippen LogP contribution in [0.4, 0.5) is 5.69 Å². The molecular formula is C22H33N3O2. The summed E-state index contributed by atoms with van der Waals surface area (Å²) >= 11 is 0. The van der Waals surface area contributed by atoms with Crippen LogP contribution in [0.5, 0.6) is 0 Å². The summed E-state index contributed by atoms with van der Waals surface area (Å²) in [5.41, 5.74) is 2.26. The van der Waals surface area contributed by atoms with Crippen LogP contribution in [0.1, 0.15) is 52.0 Å². The first-order valence-electron chi connectivity index (χ1n) is 10.4. The highest BCUT2D eigenvalue weighted by Gasteiger charge is 2.41. The summed E-state index contributed by atoms with van der Waals surface area (Å²) in [5, 5.41) is 6.38. The molecule has 2 N–H and O–H groups in total. The van der Waals surface area contributed by atoms with Crippen molar-refractivity contribution in [3.8, 4) is 0 Å². The highest BCUT2D eigenvalue weighted by atomic mass is 16.2. The van der Waals surface area contributed by atoms with E-state index in [1.54, 1.807) is 0 Å². The smallest absolute Gasteiger partial charge is 0.231 e. The zero-order valence-corrected chi connectivity index (χ0v) is 16.8. The topological polar surface area (TPSA) is 61.4 Å². The number of para-hydroxylation sites is 1. The van der Waals surface area contributed by atoms with E-state index in [9.17, 15) is 9.59 Å². The fraction of sp³-hybridized carbons (Fsp3) is 0.636. The van der Waals surface area contributed by atoms with Crippen molar-refractivity contribution in [3.63, 3.8) is 0 Å². The van der Waals surface area contributed by atoms with Gasteiger partial charge in [-0.1, -0.05) is 38.0 Å². The molecule has 1 aliphatic heterocycles. The lowest BCUT2D eigenvalue weighted by molar-refractivity contribution is -0.135. The molecule has 1 fully saturated rings. The van der Waals surface area contributed by atoms with Gasteiger partial charge in [-0.2, -0.15) is 0 Å². The summed E-state index contributed by atoms with van der Waals surface area (Å²) in [5.74, 6) is -0.244. The standard InChI is InChI=1S/C22H33N3O2/c1-4-23-15(2)14-24-21(26)18-10-6-7-11-19(18)22(27)25-16(3)13-17-9-5-8-12-20(17)25/h5,8-9,12,15-16,18-19,23H,4,6-7,10-11,13-14H2,1-3H3,(H,24,26)/t15-,16?,18?,19?/m1/s1. The summed E-state index contributed by atoms with van der Waals surface area (Å²) < 4.78 is 0. The molecule has 2 aliphatic rings. The third-order valence-electron chi connectivity index (χ3n) is 6.00. The molecule has 3 rings (SSSR count). The fourth-order valence-electron chi connectivity index (χ4n) is 4.63. The Bertz CT molecular complexity index is 675. The van der Waals surface area contributed by atoms with E-state index in [0.717, 1.165) is 44.3 Å². The summed E-state index contributed by atoms with van der Waals surface area (Å²) in [7, 11) is 0. The highest BCUT2D eigenvalue weighted by Crippen LogP contribution is 2.38. The number of carbonyl (C=O) groups excluding carboxylic acids is 2. The first kappa shape index (κ1) is 19.9. The predicted molar refractivity (Wildman–Crippen MR) is 109 cm³/mol. The lowest BCUT2D eigenvalue weighted by Crippen LogP contribution is -2.48. The average Bonchev–Trinajstić information content (AvgIpc) is 3.01. The Kier molecular flexibility index (Phi) is 6.53. The van der Waals surface area contributed by atoms with Crippen LogP contribution >= 0.6 is 0 Å². The predicted octanol–water partition coefficient (Wildman–Crippen LogP) is 2.88. The van der Waals surface area contributed by atoms with Gasteiger partial charge in [-0.05, 0) is 51.3 Å². The zero-order valence-electron chi connectivity index (χ0n) is 16.8. The Morgan fingerprint density at radius 2 is 1.89 bits per heavy atom. The van der Waals surface area contributed by atoms with Gasteiger partial charge in [0, 0.05) is 30.2 Å². The summed E-state index contributed by atoms with van der Waals surface area (Å²) in [6.45, 7) is 7.72. The van der Waals surface area contributed by atoms with E-state index >= 15 is 0 Å². The number of nitrogens with zero attached hydrogens (tertiary/aromatic N) is 1. The average molecular weight is 372 g/mol. The monoisotopic (exact) mass is 371 g/mol. The number of fused-ring (bicyclic) bond motifs is 1. The van der Waals surface area contributed by atoms with Crippen molar-refractivity contribution in [2.75, 3.05) is 18.0 Å². The van der Waals surface area contributed by atoms with E-state index in [-0.39, 0.29) is 35.7 Å². The Balaban J connectivity index is 1.71. The molecule has 0 spiro atoms. The second-order valence-electron chi connectivity index (χ2n) is 8.09. The van der Waals surface area contributed by atoms with Gasteiger partial charge in [0.2, 0.25) is 11.8 Å². The summed E-state index contributed by atoms with van der Waals surface area (Å²) in [6.07, 6.45) is 4.56. The minimum atomic E-state index is -0.208. The fourth-order valence-corrected chi connectivity index (χ4v) is 4.63. The number of hydrogen-bond donors (Lipinski definition) is 2. The number of anilines is 1. The molecule has 4 atom stereocenters. The van der Waals surface area contributed by atoms with E-state index in [0.29, 0.717) is 6.54 Å². The molecule has 0 aromatic heterocycles. The van der Waals surface area contributed by atoms with Gasteiger partial charge in [0.25, 0.3) is 0 Å². The maximum absolute atomic E-state index is 13.5. The minimum absolute atomic E-state index is 0.0398. The van der Waals surface area contributed by atoms with Crippen molar-refractivity contribution >= 4 is 17.5 Å². The van der Waals surface area contributed by atoms with Crippen LogP contribution in [0.25, 0.3) is 0 Å². The van der Waals surface area contributed by atoms with Crippen LogP contribution < -0.4 is 15.5 Å². The molecule has 0 saturated heterocycles. The van der Waals surface area contributed by atoms with Crippen LogP contribution in [0.15, 0.2) is 24.3 Å². The molecule has 3 unspecified atom stereocenters. The Hall–Kier alpha value is -1.88. The van der Waals surface area contributed by atoms with E-state index in [4.69, 9.17) is 0 Å². The maximum atomic E-state index is 13.5. The van der Waals surface area contributed by atoms with Crippen LogP contribution in [0.3, 0.4) is 0 Å². The van der Waals surface area contributed by atoms with E-state index in [1.807, 2.05) is 23.1 Å². The van der Waals surface area contributed by atoms with Gasteiger partial charge in [0.1, 0.15) is 0 Å². The van der Waals surface area contributed by atoms with Crippen LogP contribution in [-0.4, -0.2) is 37.0 Å². The van der Waals surface area contributed by atoms with Gasteiger partial charge in [-0.15, -0.1) is 0 Å². The van der Waals surface area contributed by atoms with E-state index < -0.39 is 0 Å². The molecule has 5 nitrogen and oxygen atoms in total. The van der Waals surface area contributed by atoms with Crippen molar-refractivity contribution in [1.82, 2.24) is 10.6 Å². The zero-order chi connectivity index (χ0) is 19.4. The SMILES string of the molecule is CCN[C@H](C)CNC(=O)C1CCCCC1C(=O)N1c2ccccc2CC1C. The van der Waals surface area contributed by atoms with Crippen LogP contribution in [0, 0.1) is 11.8 Å². The first-order chi connectivity index (χ1) is 13.0. The summed E-state index contributed by atoms with van der Waals surface area (Å²) in [6, 6.07) is 8.56. The summed E-state index contributed by atoms with van der Waals surface area (Å²) in [4.78, 5) is 28.3. The molecule has 2 amide bonds.